The van der Waals surface area contributed by atoms with E-state index in [0.29, 0.717) is 6.07 Å². The molecular formula is C13H15F3N2O3S. The molecule has 122 valence electrons. The first-order chi connectivity index (χ1) is 9.82. The second kappa shape index (κ2) is 6.25. The molecular weight excluding hydrogens is 321 g/mol. The van der Waals surface area contributed by atoms with Gasteiger partial charge in [0.25, 0.3) is 5.69 Å². The summed E-state index contributed by atoms with van der Waals surface area (Å²) in [7, 11) is 0. The molecule has 5 nitrogen and oxygen atoms in total. The third-order valence-electron chi connectivity index (χ3n) is 2.62. The fourth-order valence-electron chi connectivity index (χ4n) is 1.40. The molecule has 1 atom stereocenters. The minimum absolute atomic E-state index is 0.0439. The average molecular weight is 336 g/mol. The zero-order valence-corrected chi connectivity index (χ0v) is 13.2. The van der Waals surface area contributed by atoms with Crippen molar-refractivity contribution >= 4 is 22.8 Å². The van der Waals surface area contributed by atoms with Gasteiger partial charge in [0, 0.05) is 17.7 Å². The standard InChI is InChI=1S/C13H15F3N2O3S/c1-8(17-22(21)12(2,3)4)9-5-10(13(14,15)16)7-11(6-9)18(19)20/h5-7H,1-4H3/t22-/m1/s1. The van der Waals surface area contributed by atoms with E-state index in [0.717, 1.165) is 12.1 Å². The number of benzene rings is 1. The fourth-order valence-corrected chi connectivity index (χ4v) is 2.03. The van der Waals surface area contributed by atoms with Crippen molar-refractivity contribution in [2.24, 2.45) is 4.40 Å². The summed E-state index contributed by atoms with van der Waals surface area (Å²) < 4.78 is 53.5. The van der Waals surface area contributed by atoms with Crippen LogP contribution in [0.3, 0.4) is 0 Å². The third kappa shape index (κ3) is 4.70. The highest BCUT2D eigenvalue weighted by atomic mass is 32.2. The summed E-state index contributed by atoms with van der Waals surface area (Å²) in [4.78, 5) is 9.86. The molecule has 1 rings (SSSR count). The normalized spacial score (nSPS) is 14.8. The first-order valence-corrected chi connectivity index (χ1v) is 7.27. The molecule has 0 bridgehead atoms. The van der Waals surface area contributed by atoms with Gasteiger partial charge in [0.05, 0.1) is 16.2 Å². The minimum atomic E-state index is -4.72. The molecule has 0 fully saturated rings. The van der Waals surface area contributed by atoms with Crippen molar-refractivity contribution in [2.45, 2.75) is 38.6 Å². The second-order valence-electron chi connectivity index (χ2n) is 5.56. The highest BCUT2D eigenvalue weighted by Gasteiger charge is 2.33. The van der Waals surface area contributed by atoms with Crippen LogP contribution in [0.15, 0.2) is 22.6 Å². The molecule has 0 saturated carbocycles. The van der Waals surface area contributed by atoms with E-state index in [1.54, 1.807) is 20.8 Å². The van der Waals surface area contributed by atoms with Crippen LogP contribution in [-0.4, -0.2) is 19.9 Å². The highest BCUT2D eigenvalue weighted by molar-refractivity contribution is 7.91. The molecule has 9 heteroatoms. The number of rotatable bonds is 3. The van der Waals surface area contributed by atoms with Gasteiger partial charge in [-0.3, -0.25) is 10.1 Å². The van der Waals surface area contributed by atoms with Crippen LogP contribution >= 0.6 is 0 Å². The van der Waals surface area contributed by atoms with Crippen molar-refractivity contribution in [3.05, 3.63) is 39.4 Å². The first kappa shape index (κ1) is 18.4. The topological polar surface area (TPSA) is 78.6 Å². The smallest absolute Gasteiger partial charge is 0.416 e. The molecule has 0 aliphatic carbocycles. The summed E-state index contributed by atoms with van der Waals surface area (Å²) in [5, 5.41) is 10.8. The number of hydrogen-bond acceptors (Lipinski definition) is 4. The van der Waals surface area contributed by atoms with Gasteiger partial charge in [0.2, 0.25) is 0 Å². The Labute approximate surface area is 128 Å². The Kier molecular flexibility index (Phi) is 5.24. The highest BCUT2D eigenvalue weighted by Crippen LogP contribution is 2.33. The largest absolute Gasteiger partial charge is 0.591 e. The van der Waals surface area contributed by atoms with E-state index in [-0.39, 0.29) is 11.3 Å². The minimum Gasteiger partial charge on any atom is -0.591 e. The van der Waals surface area contributed by atoms with E-state index < -0.39 is 38.5 Å². The summed E-state index contributed by atoms with van der Waals surface area (Å²) in [5.41, 5.74) is -1.88. The monoisotopic (exact) mass is 336 g/mol. The molecule has 0 N–H and O–H groups in total. The van der Waals surface area contributed by atoms with Crippen molar-refractivity contribution in [3.8, 4) is 0 Å². The van der Waals surface area contributed by atoms with Crippen LogP contribution in [0.2, 0.25) is 0 Å². The summed E-state index contributed by atoms with van der Waals surface area (Å²) in [6.45, 7) is 6.35. The number of nitrogens with zero attached hydrogens (tertiary/aromatic N) is 2. The summed E-state index contributed by atoms with van der Waals surface area (Å²) in [6, 6.07) is 2.19. The summed E-state index contributed by atoms with van der Waals surface area (Å²) >= 11 is -1.68. The van der Waals surface area contributed by atoms with Gasteiger partial charge in [-0.25, -0.2) is 0 Å². The quantitative estimate of drug-likeness (QED) is 0.363. The van der Waals surface area contributed by atoms with Gasteiger partial charge >= 0.3 is 6.18 Å². The van der Waals surface area contributed by atoms with Gasteiger partial charge in [-0.05, 0) is 33.8 Å². The summed E-state index contributed by atoms with van der Waals surface area (Å²) in [6.07, 6.45) is -4.72. The molecule has 0 heterocycles. The van der Waals surface area contributed by atoms with E-state index in [1.807, 2.05) is 0 Å². The van der Waals surface area contributed by atoms with Crippen molar-refractivity contribution in [1.29, 1.82) is 0 Å². The molecule has 0 radical (unpaired) electrons. The van der Waals surface area contributed by atoms with E-state index in [2.05, 4.69) is 4.40 Å². The Bertz CT molecular complexity index is 610. The van der Waals surface area contributed by atoms with Crippen molar-refractivity contribution in [3.63, 3.8) is 0 Å². The van der Waals surface area contributed by atoms with Crippen LogP contribution in [0.1, 0.15) is 38.8 Å². The lowest BCUT2D eigenvalue weighted by molar-refractivity contribution is -0.385. The first-order valence-electron chi connectivity index (χ1n) is 6.16. The molecule has 22 heavy (non-hydrogen) atoms. The number of nitro benzene ring substituents is 1. The molecule has 0 saturated heterocycles. The molecule has 1 aromatic carbocycles. The summed E-state index contributed by atoms with van der Waals surface area (Å²) in [5.74, 6) is 0. The van der Waals surface area contributed by atoms with Crippen LogP contribution in [-0.2, 0) is 17.5 Å². The van der Waals surface area contributed by atoms with Crippen molar-refractivity contribution in [1.82, 2.24) is 0 Å². The van der Waals surface area contributed by atoms with Crippen LogP contribution in [0.4, 0.5) is 18.9 Å². The molecule has 0 aliphatic heterocycles. The lowest BCUT2D eigenvalue weighted by Gasteiger charge is -2.19. The van der Waals surface area contributed by atoms with Gasteiger partial charge in [-0.15, -0.1) is 0 Å². The van der Waals surface area contributed by atoms with Gasteiger partial charge in [0.15, 0.2) is 0 Å². The zero-order valence-electron chi connectivity index (χ0n) is 12.4. The molecule has 1 aromatic rings. The Morgan fingerprint density at radius 3 is 2.18 bits per heavy atom. The van der Waals surface area contributed by atoms with E-state index in [9.17, 15) is 27.8 Å². The average Bonchev–Trinajstić information content (AvgIpc) is 2.35. The van der Waals surface area contributed by atoms with Gasteiger partial charge in [-0.1, -0.05) is 4.40 Å². The fraction of sp³-hybridized carbons (Fsp3) is 0.462. The van der Waals surface area contributed by atoms with Crippen LogP contribution in [0.25, 0.3) is 0 Å². The molecule has 0 spiro atoms. The predicted octanol–water partition coefficient (Wildman–Crippen LogP) is 3.88. The number of alkyl halides is 3. The number of hydrogen-bond donors (Lipinski definition) is 0. The Balaban J connectivity index is 3.38. The van der Waals surface area contributed by atoms with Gasteiger partial charge in [0.1, 0.15) is 16.1 Å². The van der Waals surface area contributed by atoms with Crippen LogP contribution in [0, 0.1) is 10.1 Å². The SMILES string of the molecule is CC(=N[S@+]([O-])C(C)(C)C)c1cc([N+](=O)[O-])cc(C(F)(F)F)c1. The van der Waals surface area contributed by atoms with Crippen molar-refractivity contribution < 1.29 is 22.6 Å². The zero-order chi connectivity index (χ0) is 17.3. The Morgan fingerprint density at radius 1 is 1.23 bits per heavy atom. The molecule has 0 amide bonds. The van der Waals surface area contributed by atoms with Crippen LogP contribution in [0.5, 0.6) is 0 Å². The molecule has 0 unspecified atom stereocenters. The Morgan fingerprint density at radius 2 is 1.77 bits per heavy atom. The lowest BCUT2D eigenvalue weighted by Crippen LogP contribution is -2.26. The van der Waals surface area contributed by atoms with E-state index in [4.69, 9.17) is 0 Å². The predicted molar refractivity (Wildman–Crippen MR) is 78.2 cm³/mol. The van der Waals surface area contributed by atoms with Crippen LogP contribution < -0.4 is 0 Å². The molecule has 0 aliphatic rings. The third-order valence-corrected chi connectivity index (χ3v) is 4.10. The number of nitro groups is 1. The lowest BCUT2D eigenvalue weighted by atomic mass is 10.1. The Hall–Kier alpha value is -1.61. The maximum Gasteiger partial charge on any atom is 0.416 e. The number of halogens is 3. The van der Waals surface area contributed by atoms with Gasteiger partial charge < -0.3 is 4.55 Å². The van der Waals surface area contributed by atoms with E-state index >= 15 is 0 Å². The maximum absolute atomic E-state index is 12.8. The van der Waals surface area contributed by atoms with Gasteiger partial charge in [-0.2, -0.15) is 13.2 Å². The number of non-ortho nitro benzene ring substituents is 1. The van der Waals surface area contributed by atoms with Crippen molar-refractivity contribution in [2.75, 3.05) is 0 Å². The van der Waals surface area contributed by atoms with E-state index in [1.165, 1.54) is 6.92 Å². The second-order valence-corrected chi connectivity index (χ2v) is 7.47. The molecule has 0 aromatic heterocycles. The maximum atomic E-state index is 12.8.